The van der Waals surface area contributed by atoms with E-state index in [-0.39, 0.29) is 17.7 Å². The van der Waals surface area contributed by atoms with Gasteiger partial charge in [0.1, 0.15) is 0 Å². The second kappa shape index (κ2) is 7.96. The second-order valence-corrected chi connectivity index (χ2v) is 7.67. The Morgan fingerprint density at radius 2 is 2.04 bits per heavy atom. The maximum atomic E-state index is 12.1. The van der Waals surface area contributed by atoms with Crippen molar-refractivity contribution in [2.45, 2.75) is 69.4 Å². The van der Waals surface area contributed by atoms with Crippen molar-refractivity contribution in [3.05, 3.63) is 30.1 Å². The van der Waals surface area contributed by atoms with Gasteiger partial charge >= 0.3 is 0 Å². The van der Waals surface area contributed by atoms with E-state index in [0.29, 0.717) is 12.1 Å². The Bertz CT molecular complexity index is 688. The Morgan fingerprint density at radius 3 is 2.65 bits per heavy atom. The van der Waals surface area contributed by atoms with Crippen LogP contribution in [0.25, 0.3) is 0 Å². The van der Waals surface area contributed by atoms with Crippen LogP contribution in [0.3, 0.4) is 0 Å². The Kier molecular flexibility index (Phi) is 5.67. The number of aromatic nitrogens is 1. The molecule has 1 aromatic rings. The topological polar surface area (TPSA) is 102 Å². The standard InChI is InChI=1S/C20H27N5O/c1-14(22)24-19(26)15-5-6-17(12-15)25-16-7-9-20(13-21,10-8-16)18-4-2-3-11-23-18/h2-4,11,15-17,25H,5-10,12H2,1H3,(H2,22,24,26)/t15-,16?,17+,20?/m0/s1. The molecule has 2 saturated carbocycles. The van der Waals surface area contributed by atoms with Gasteiger partial charge in [-0.25, -0.2) is 0 Å². The SMILES string of the molecule is CC(=N)NC(=O)[C@H]1CC[C@@H](NC2CCC(C#N)(c3ccccn3)CC2)C1. The third-order valence-electron chi connectivity index (χ3n) is 5.79. The molecule has 2 atom stereocenters. The number of nitrogens with zero attached hydrogens (tertiary/aromatic N) is 2. The first kappa shape index (κ1) is 18.5. The molecule has 0 radical (unpaired) electrons. The maximum Gasteiger partial charge on any atom is 0.228 e. The van der Waals surface area contributed by atoms with E-state index in [0.717, 1.165) is 50.6 Å². The van der Waals surface area contributed by atoms with Crippen molar-refractivity contribution in [3.8, 4) is 6.07 Å². The Labute approximate surface area is 154 Å². The van der Waals surface area contributed by atoms with Crippen molar-refractivity contribution in [3.63, 3.8) is 0 Å². The summed E-state index contributed by atoms with van der Waals surface area (Å²) in [6, 6.07) is 9.07. The van der Waals surface area contributed by atoms with E-state index in [9.17, 15) is 10.1 Å². The Balaban J connectivity index is 1.51. The molecule has 0 aliphatic heterocycles. The molecular weight excluding hydrogens is 326 g/mol. The normalized spacial score (nSPS) is 31.2. The molecule has 3 rings (SSSR count). The zero-order valence-electron chi connectivity index (χ0n) is 15.3. The fraction of sp³-hybridized carbons (Fsp3) is 0.600. The van der Waals surface area contributed by atoms with Crippen LogP contribution < -0.4 is 10.6 Å². The van der Waals surface area contributed by atoms with Crippen molar-refractivity contribution in [1.82, 2.24) is 15.6 Å². The van der Waals surface area contributed by atoms with Crippen molar-refractivity contribution in [2.75, 3.05) is 0 Å². The first-order valence-electron chi connectivity index (χ1n) is 9.47. The fourth-order valence-electron chi connectivity index (χ4n) is 4.34. The largest absolute Gasteiger partial charge is 0.315 e. The number of nitriles is 1. The third-order valence-corrected chi connectivity index (χ3v) is 5.79. The summed E-state index contributed by atoms with van der Waals surface area (Å²) >= 11 is 0. The van der Waals surface area contributed by atoms with Crippen molar-refractivity contribution in [1.29, 1.82) is 10.7 Å². The minimum absolute atomic E-state index is 0.00288. The van der Waals surface area contributed by atoms with Gasteiger partial charge in [-0.1, -0.05) is 6.07 Å². The van der Waals surface area contributed by atoms with Gasteiger partial charge in [0.15, 0.2) is 0 Å². The number of nitrogens with one attached hydrogen (secondary N) is 3. The lowest BCUT2D eigenvalue weighted by molar-refractivity contribution is -0.123. The second-order valence-electron chi connectivity index (χ2n) is 7.67. The van der Waals surface area contributed by atoms with Crippen molar-refractivity contribution < 1.29 is 4.79 Å². The minimum atomic E-state index is -0.459. The van der Waals surface area contributed by atoms with Crippen LogP contribution in [-0.2, 0) is 10.2 Å². The minimum Gasteiger partial charge on any atom is -0.315 e. The highest BCUT2D eigenvalue weighted by Crippen LogP contribution is 2.38. The van der Waals surface area contributed by atoms with Crippen LogP contribution in [0.4, 0.5) is 0 Å². The summed E-state index contributed by atoms with van der Waals surface area (Å²) in [5, 5.41) is 23.5. The third kappa shape index (κ3) is 4.10. The first-order chi connectivity index (χ1) is 12.5. The molecule has 138 valence electrons. The van der Waals surface area contributed by atoms with Gasteiger partial charge in [0.25, 0.3) is 0 Å². The molecule has 1 aromatic heterocycles. The van der Waals surface area contributed by atoms with Crippen LogP contribution in [0.2, 0.25) is 0 Å². The number of hydrogen-bond donors (Lipinski definition) is 3. The summed E-state index contributed by atoms with van der Waals surface area (Å²) < 4.78 is 0. The van der Waals surface area contributed by atoms with Crippen LogP contribution >= 0.6 is 0 Å². The quantitative estimate of drug-likeness (QED) is 0.572. The lowest BCUT2D eigenvalue weighted by Crippen LogP contribution is -2.43. The molecule has 6 heteroatoms. The maximum absolute atomic E-state index is 12.1. The van der Waals surface area contributed by atoms with Crippen LogP contribution in [0.15, 0.2) is 24.4 Å². The van der Waals surface area contributed by atoms with Crippen LogP contribution in [-0.4, -0.2) is 28.8 Å². The Hall–Kier alpha value is -2.26. The van der Waals surface area contributed by atoms with Gasteiger partial charge in [-0.3, -0.25) is 15.2 Å². The average Bonchev–Trinajstić information content (AvgIpc) is 3.11. The molecule has 0 saturated heterocycles. The number of rotatable bonds is 4. The van der Waals surface area contributed by atoms with Gasteiger partial charge in [-0.05, 0) is 64.0 Å². The molecular formula is C20H27N5O. The highest BCUT2D eigenvalue weighted by atomic mass is 16.1. The first-order valence-corrected chi connectivity index (χ1v) is 9.47. The van der Waals surface area contributed by atoms with Crippen molar-refractivity contribution in [2.24, 2.45) is 5.92 Å². The number of carbonyl (C=O) groups is 1. The molecule has 0 aromatic carbocycles. The molecule has 0 bridgehead atoms. The zero-order chi connectivity index (χ0) is 18.6. The molecule has 1 heterocycles. The van der Waals surface area contributed by atoms with Gasteiger partial charge in [-0.15, -0.1) is 0 Å². The predicted molar refractivity (Wildman–Crippen MR) is 99.6 cm³/mol. The molecule has 1 amide bonds. The van der Waals surface area contributed by atoms with Crippen LogP contribution in [0.1, 0.15) is 57.6 Å². The average molecular weight is 353 g/mol. The van der Waals surface area contributed by atoms with Gasteiger partial charge in [0.2, 0.25) is 5.91 Å². The van der Waals surface area contributed by atoms with E-state index in [1.807, 2.05) is 18.2 Å². The summed E-state index contributed by atoms with van der Waals surface area (Å²) in [5.41, 5.74) is 0.430. The lowest BCUT2D eigenvalue weighted by atomic mass is 9.71. The lowest BCUT2D eigenvalue weighted by Gasteiger charge is -2.36. The zero-order valence-corrected chi connectivity index (χ0v) is 15.3. The highest BCUT2D eigenvalue weighted by Gasteiger charge is 2.39. The molecule has 26 heavy (non-hydrogen) atoms. The van der Waals surface area contributed by atoms with E-state index in [1.165, 1.54) is 0 Å². The molecule has 3 N–H and O–H groups in total. The molecule has 2 aliphatic carbocycles. The monoisotopic (exact) mass is 353 g/mol. The number of carbonyl (C=O) groups excluding carboxylic acids is 1. The smallest absolute Gasteiger partial charge is 0.228 e. The van der Waals surface area contributed by atoms with Gasteiger partial charge in [-0.2, -0.15) is 5.26 Å². The van der Waals surface area contributed by atoms with E-state index in [1.54, 1.807) is 13.1 Å². The number of hydrogen-bond acceptors (Lipinski definition) is 5. The highest BCUT2D eigenvalue weighted by molar-refractivity contribution is 5.96. The van der Waals surface area contributed by atoms with E-state index < -0.39 is 5.41 Å². The molecule has 0 spiro atoms. The number of amides is 1. The molecule has 2 aliphatic rings. The van der Waals surface area contributed by atoms with E-state index in [4.69, 9.17) is 5.41 Å². The van der Waals surface area contributed by atoms with Gasteiger partial charge in [0.05, 0.1) is 23.0 Å². The fourth-order valence-corrected chi connectivity index (χ4v) is 4.34. The summed E-state index contributed by atoms with van der Waals surface area (Å²) in [6.07, 6.45) is 8.02. The van der Waals surface area contributed by atoms with Crippen LogP contribution in [0.5, 0.6) is 0 Å². The number of amidine groups is 1. The van der Waals surface area contributed by atoms with E-state index >= 15 is 0 Å². The van der Waals surface area contributed by atoms with Gasteiger partial charge < -0.3 is 10.6 Å². The van der Waals surface area contributed by atoms with Crippen molar-refractivity contribution >= 4 is 11.7 Å². The van der Waals surface area contributed by atoms with Crippen LogP contribution in [0, 0.1) is 22.7 Å². The molecule has 2 fully saturated rings. The number of pyridine rings is 1. The summed E-state index contributed by atoms with van der Waals surface area (Å²) in [4.78, 5) is 16.5. The molecule has 6 nitrogen and oxygen atoms in total. The van der Waals surface area contributed by atoms with Gasteiger partial charge in [0, 0.05) is 24.2 Å². The summed E-state index contributed by atoms with van der Waals surface area (Å²) in [5.74, 6) is 0.188. The predicted octanol–water partition coefficient (Wildman–Crippen LogP) is 2.66. The summed E-state index contributed by atoms with van der Waals surface area (Å²) in [6.45, 7) is 1.59. The Morgan fingerprint density at radius 1 is 1.27 bits per heavy atom. The summed E-state index contributed by atoms with van der Waals surface area (Å²) in [7, 11) is 0. The van der Waals surface area contributed by atoms with E-state index in [2.05, 4.69) is 21.7 Å². The molecule has 0 unspecified atom stereocenters.